The van der Waals surface area contributed by atoms with E-state index in [1.54, 1.807) is 0 Å². The third kappa shape index (κ3) is 6.00. The summed E-state index contributed by atoms with van der Waals surface area (Å²) in [6.45, 7) is 3.20. The Labute approximate surface area is 190 Å². The first-order chi connectivity index (χ1) is 13.9. The average molecular weight is 495 g/mol. The number of halogens is 2. The van der Waals surface area contributed by atoms with Crippen molar-refractivity contribution in [3.05, 3.63) is 63.6 Å². The molecule has 2 aromatic carbocycles. The van der Waals surface area contributed by atoms with Gasteiger partial charge in [0.25, 0.3) is 0 Å². The normalized spacial score (nSPS) is 18.6. The summed E-state index contributed by atoms with van der Waals surface area (Å²) < 4.78 is 0.980. The number of nitrogens with zero attached hydrogens (tertiary/aromatic N) is 2. The molecule has 2 aromatic rings. The quantitative estimate of drug-likeness (QED) is 0.464. The van der Waals surface area contributed by atoms with Crippen molar-refractivity contribution in [2.24, 2.45) is 10.5 Å². The van der Waals surface area contributed by atoms with Crippen molar-refractivity contribution in [2.45, 2.75) is 19.8 Å². The van der Waals surface area contributed by atoms with Crippen LogP contribution in [-0.4, -0.2) is 41.7 Å². The molecule has 0 radical (unpaired) electrons. The number of hydrogen-bond acceptors (Lipinski definition) is 4. The number of anilines is 1. The zero-order valence-corrected chi connectivity index (χ0v) is 19.8. The number of thioether (sulfide) groups is 1. The smallest absolute Gasteiger partial charge is 0.245 e. The van der Waals surface area contributed by atoms with Gasteiger partial charge in [0.1, 0.15) is 6.54 Å². The van der Waals surface area contributed by atoms with Gasteiger partial charge in [-0.15, -0.1) is 0 Å². The maximum absolute atomic E-state index is 12.6. The highest BCUT2D eigenvalue weighted by molar-refractivity contribution is 9.10. The molecule has 154 valence electrons. The molecule has 7 heteroatoms. The molecule has 0 spiro atoms. The highest BCUT2D eigenvalue weighted by atomic mass is 79.9. The van der Waals surface area contributed by atoms with Crippen molar-refractivity contribution in [2.75, 3.05) is 30.4 Å². The van der Waals surface area contributed by atoms with Crippen LogP contribution in [0.4, 0.5) is 5.69 Å². The van der Waals surface area contributed by atoms with E-state index in [1.165, 1.54) is 0 Å². The van der Waals surface area contributed by atoms with E-state index in [9.17, 15) is 4.79 Å². The van der Waals surface area contributed by atoms with Gasteiger partial charge in [-0.05, 0) is 66.8 Å². The van der Waals surface area contributed by atoms with Gasteiger partial charge in [0.2, 0.25) is 5.91 Å². The Hall–Kier alpha value is -1.50. The predicted octanol–water partition coefficient (Wildman–Crippen LogP) is 5.91. The van der Waals surface area contributed by atoms with E-state index in [0.29, 0.717) is 5.02 Å². The lowest BCUT2D eigenvalue weighted by Gasteiger charge is -2.26. The Bertz CT molecular complexity index is 873. The van der Waals surface area contributed by atoms with Crippen LogP contribution in [0.3, 0.4) is 0 Å². The van der Waals surface area contributed by atoms with Gasteiger partial charge in [-0.3, -0.25) is 9.80 Å². The van der Waals surface area contributed by atoms with Crippen LogP contribution < -0.4 is 5.32 Å². The standard InChI is InChI=1S/C22H25BrClN3OS/c1-22(12-3-13-29-2)15-27(26-21(22)16-4-8-18(24)9-5-16)14-20(28)25-19-10-6-17(23)7-11-19/h4-11H,3,12-15H2,1-2H3,(H,25,28). The van der Waals surface area contributed by atoms with Crippen molar-refractivity contribution in [1.29, 1.82) is 0 Å². The molecule has 1 N–H and O–H groups in total. The fourth-order valence-electron chi connectivity index (χ4n) is 3.58. The lowest BCUT2D eigenvalue weighted by atomic mass is 9.78. The van der Waals surface area contributed by atoms with Crippen molar-refractivity contribution in [1.82, 2.24) is 5.01 Å². The summed E-state index contributed by atoms with van der Waals surface area (Å²) in [5, 5.41) is 10.4. The number of hydrogen-bond donors (Lipinski definition) is 1. The van der Waals surface area contributed by atoms with Gasteiger partial charge in [-0.2, -0.15) is 16.9 Å². The summed E-state index contributed by atoms with van der Waals surface area (Å²) in [5.41, 5.74) is 2.78. The second-order valence-corrected chi connectivity index (χ2v) is 9.83. The van der Waals surface area contributed by atoms with Crippen molar-refractivity contribution in [3.63, 3.8) is 0 Å². The molecule has 0 saturated carbocycles. The molecule has 1 aliphatic heterocycles. The van der Waals surface area contributed by atoms with Gasteiger partial charge in [0.15, 0.2) is 0 Å². The minimum absolute atomic E-state index is 0.0695. The molecule has 1 unspecified atom stereocenters. The first kappa shape index (κ1) is 22.2. The maximum atomic E-state index is 12.6. The summed E-state index contributed by atoms with van der Waals surface area (Å²) in [4.78, 5) is 12.6. The monoisotopic (exact) mass is 493 g/mol. The van der Waals surface area contributed by atoms with E-state index in [4.69, 9.17) is 16.7 Å². The fourth-order valence-corrected chi connectivity index (χ4v) is 4.41. The fraction of sp³-hybridized carbons (Fsp3) is 0.364. The Morgan fingerprint density at radius 2 is 1.93 bits per heavy atom. The van der Waals surface area contributed by atoms with E-state index < -0.39 is 0 Å². The van der Waals surface area contributed by atoms with E-state index in [1.807, 2.05) is 65.3 Å². The SMILES string of the molecule is CSCCCC1(C)CN(CC(=O)Nc2ccc(Br)cc2)N=C1c1ccc(Cl)cc1. The number of benzene rings is 2. The summed E-state index contributed by atoms with van der Waals surface area (Å²) in [7, 11) is 0. The Morgan fingerprint density at radius 1 is 1.24 bits per heavy atom. The molecule has 0 aliphatic carbocycles. The maximum Gasteiger partial charge on any atom is 0.245 e. The summed E-state index contributed by atoms with van der Waals surface area (Å²) in [6, 6.07) is 15.4. The van der Waals surface area contributed by atoms with E-state index in [2.05, 4.69) is 34.4 Å². The van der Waals surface area contributed by atoms with E-state index in [0.717, 1.165) is 46.6 Å². The lowest BCUT2D eigenvalue weighted by Crippen LogP contribution is -2.34. The Morgan fingerprint density at radius 3 is 2.59 bits per heavy atom. The zero-order chi connectivity index (χ0) is 20.9. The number of carbonyl (C=O) groups is 1. The van der Waals surface area contributed by atoms with Crippen LogP contribution >= 0.6 is 39.3 Å². The van der Waals surface area contributed by atoms with Crippen LogP contribution in [0, 0.1) is 5.41 Å². The molecule has 4 nitrogen and oxygen atoms in total. The second-order valence-electron chi connectivity index (χ2n) is 7.49. The van der Waals surface area contributed by atoms with Crippen LogP contribution in [-0.2, 0) is 4.79 Å². The molecule has 0 saturated heterocycles. The van der Waals surface area contributed by atoms with Crippen LogP contribution in [0.5, 0.6) is 0 Å². The second kappa shape index (κ2) is 10.0. The molecule has 1 atom stereocenters. The largest absolute Gasteiger partial charge is 0.324 e. The highest BCUT2D eigenvalue weighted by Gasteiger charge is 2.39. The zero-order valence-electron chi connectivity index (χ0n) is 16.6. The molecule has 0 aromatic heterocycles. The summed E-state index contributed by atoms with van der Waals surface area (Å²) in [6.07, 6.45) is 4.27. The Balaban J connectivity index is 1.73. The molecule has 1 heterocycles. The average Bonchev–Trinajstić information content (AvgIpc) is 3.00. The molecular weight excluding hydrogens is 470 g/mol. The number of rotatable bonds is 8. The molecule has 29 heavy (non-hydrogen) atoms. The van der Waals surface area contributed by atoms with Crippen LogP contribution in [0.1, 0.15) is 25.3 Å². The number of nitrogens with one attached hydrogen (secondary N) is 1. The number of amides is 1. The summed E-state index contributed by atoms with van der Waals surface area (Å²) in [5.74, 6) is 1.05. The molecule has 0 fully saturated rings. The molecule has 3 rings (SSSR count). The number of hydrazone groups is 1. The number of carbonyl (C=O) groups excluding carboxylic acids is 1. The molecule has 0 bridgehead atoms. The van der Waals surface area contributed by atoms with Gasteiger partial charge in [0.05, 0.1) is 5.71 Å². The van der Waals surface area contributed by atoms with E-state index >= 15 is 0 Å². The van der Waals surface area contributed by atoms with Crippen molar-refractivity contribution < 1.29 is 4.79 Å². The highest BCUT2D eigenvalue weighted by Crippen LogP contribution is 2.36. The third-order valence-electron chi connectivity index (χ3n) is 4.99. The van der Waals surface area contributed by atoms with Crippen LogP contribution in [0.15, 0.2) is 58.1 Å². The van der Waals surface area contributed by atoms with Gasteiger partial charge >= 0.3 is 0 Å². The van der Waals surface area contributed by atoms with Gasteiger partial charge in [-0.25, -0.2) is 0 Å². The van der Waals surface area contributed by atoms with E-state index in [-0.39, 0.29) is 17.9 Å². The molecule has 1 aliphatic rings. The minimum atomic E-state index is -0.0958. The predicted molar refractivity (Wildman–Crippen MR) is 128 cm³/mol. The van der Waals surface area contributed by atoms with Gasteiger partial charge < -0.3 is 5.32 Å². The van der Waals surface area contributed by atoms with Crippen LogP contribution in [0.2, 0.25) is 5.02 Å². The van der Waals surface area contributed by atoms with Gasteiger partial charge in [-0.1, -0.05) is 46.6 Å². The minimum Gasteiger partial charge on any atom is -0.324 e. The lowest BCUT2D eigenvalue weighted by molar-refractivity contribution is -0.117. The molecular formula is C22H25BrClN3OS. The van der Waals surface area contributed by atoms with Crippen molar-refractivity contribution >= 4 is 56.6 Å². The van der Waals surface area contributed by atoms with Gasteiger partial charge in [0, 0.05) is 27.1 Å². The first-order valence-corrected chi connectivity index (χ1v) is 12.1. The first-order valence-electron chi connectivity index (χ1n) is 9.54. The molecule has 1 amide bonds. The van der Waals surface area contributed by atoms with Crippen molar-refractivity contribution in [3.8, 4) is 0 Å². The third-order valence-corrected chi connectivity index (χ3v) is 6.47. The Kier molecular flexibility index (Phi) is 7.66. The van der Waals surface area contributed by atoms with Crippen LogP contribution in [0.25, 0.3) is 0 Å². The topological polar surface area (TPSA) is 44.7 Å². The summed E-state index contributed by atoms with van der Waals surface area (Å²) >= 11 is 11.3.